The molecule has 0 spiro atoms. The number of rotatable bonds is 1. The molecule has 0 bridgehead atoms. The van der Waals surface area contributed by atoms with Crippen LogP contribution >= 0.6 is 27.5 Å². The fourth-order valence-corrected chi connectivity index (χ4v) is 2.50. The molecule has 1 atom stereocenters. The van der Waals surface area contributed by atoms with Gasteiger partial charge in [0.2, 0.25) is 5.91 Å². The smallest absolute Gasteiger partial charge is 0.228 e. The molecule has 0 radical (unpaired) electrons. The molecular weight excluding hydrogens is 277 g/mol. The second kappa shape index (κ2) is 4.14. The zero-order valence-corrected chi connectivity index (χ0v) is 10.7. The van der Waals surface area contributed by atoms with Crippen LogP contribution in [0, 0.1) is 6.92 Å². The van der Waals surface area contributed by atoms with Crippen molar-refractivity contribution in [3.8, 4) is 0 Å². The summed E-state index contributed by atoms with van der Waals surface area (Å²) in [4.78, 5) is 13.7. The normalized spacial score (nSPS) is 21.1. The summed E-state index contributed by atoms with van der Waals surface area (Å²) in [7, 11) is 0. The molecule has 1 aromatic carbocycles. The van der Waals surface area contributed by atoms with Crippen molar-refractivity contribution in [1.82, 2.24) is 0 Å². The average molecular weight is 289 g/mol. The van der Waals surface area contributed by atoms with Crippen LogP contribution in [0.1, 0.15) is 12.0 Å². The lowest BCUT2D eigenvalue weighted by Gasteiger charge is -2.18. The predicted molar refractivity (Wildman–Crippen MR) is 65.9 cm³/mol. The highest BCUT2D eigenvalue weighted by Crippen LogP contribution is 2.29. The number of benzene rings is 1. The fraction of sp³-hybridized carbons (Fsp3) is 0.364. The molecule has 0 aromatic heterocycles. The van der Waals surface area contributed by atoms with Crippen LogP contribution in [-0.4, -0.2) is 17.3 Å². The maximum Gasteiger partial charge on any atom is 0.228 e. The van der Waals surface area contributed by atoms with Gasteiger partial charge in [-0.1, -0.05) is 33.6 Å². The lowest BCUT2D eigenvalue weighted by atomic mass is 10.2. The molecule has 0 saturated carbocycles. The third-order valence-electron chi connectivity index (χ3n) is 2.54. The van der Waals surface area contributed by atoms with Crippen molar-refractivity contribution in [2.24, 2.45) is 0 Å². The van der Waals surface area contributed by atoms with Crippen molar-refractivity contribution in [2.75, 3.05) is 11.4 Å². The minimum atomic E-state index is 0.155. The van der Waals surface area contributed by atoms with E-state index in [0.717, 1.165) is 17.8 Å². The van der Waals surface area contributed by atoms with Gasteiger partial charge in [0.1, 0.15) is 0 Å². The molecule has 15 heavy (non-hydrogen) atoms. The van der Waals surface area contributed by atoms with Gasteiger partial charge in [-0.25, -0.2) is 0 Å². The van der Waals surface area contributed by atoms with Gasteiger partial charge in [0.25, 0.3) is 0 Å². The second-order valence-corrected chi connectivity index (χ2v) is 5.47. The van der Waals surface area contributed by atoms with Gasteiger partial charge >= 0.3 is 0 Å². The molecule has 4 heteroatoms. The topological polar surface area (TPSA) is 20.3 Å². The number of carbonyl (C=O) groups is 1. The molecule has 2 nitrogen and oxygen atoms in total. The van der Waals surface area contributed by atoms with E-state index in [4.69, 9.17) is 11.6 Å². The molecule has 1 aliphatic rings. The first-order chi connectivity index (χ1) is 7.08. The van der Waals surface area contributed by atoms with Crippen molar-refractivity contribution in [3.63, 3.8) is 0 Å². The Labute approximate surface area is 102 Å². The Morgan fingerprint density at radius 2 is 2.27 bits per heavy atom. The Morgan fingerprint density at radius 1 is 1.53 bits per heavy atom. The molecule has 80 valence electrons. The van der Waals surface area contributed by atoms with Crippen LogP contribution in [0.25, 0.3) is 0 Å². The van der Waals surface area contributed by atoms with Gasteiger partial charge in [-0.05, 0) is 24.6 Å². The van der Waals surface area contributed by atoms with Crippen LogP contribution in [0.3, 0.4) is 0 Å². The van der Waals surface area contributed by atoms with Crippen LogP contribution in [0.15, 0.2) is 18.2 Å². The highest BCUT2D eigenvalue weighted by atomic mass is 79.9. The van der Waals surface area contributed by atoms with Crippen LogP contribution in [0.4, 0.5) is 5.69 Å². The number of amides is 1. The summed E-state index contributed by atoms with van der Waals surface area (Å²) in [6.07, 6.45) is 0.561. The number of hydrogen-bond acceptors (Lipinski definition) is 1. The molecule has 0 N–H and O–H groups in total. The maximum absolute atomic E-state index is 11.7. The molecule has 1 amide bonds. The van der Waals surface area contributed by atoms with Gasteiger partial charge in [0.05, 0.1) is 0 Å². The summed E-state index contributed by atoms with van der Waals surface area (Å²) in [5.74, 6) is 0.155. The molecule has 1 aliphatic heterocycles. The third kappa shape index (κ3) is 2.18. The summed E-state index contributed by atoms with van der Waals surface area (Å²) in [6, 6.07) is 5.62. The van der Waals surface area contributed by atoms with Gasteiger partial charge < -0.3 is 4.90 Å². The first kappa shape index (κ1) is 11.0. The van der Waals surface area contributed by atoms with E-state index in [1.54, 1.807) is 4.90 Å². The van der Waals surface area contributed by atoms with E-state index in [1.165, 1.54) is 0 Å². The Balaban J connectivity index is 2.37. The molecule has 1 unspecified atom stereocenters. The van der Waals surface area contributed by atoms with E-state index in [9.17, 15) is 4.79 Å². The molecule has 2 rings (SSSR count). The van der Waals surface area contributed by atoms with E-state index in [0.29, 0.717) is 11.4 Å². The SMILES string of the molecule is Cc1ccc(Cl)cc1N1CC(Br)CC1=O. The summed E-state index contributed by atoms with van der Waals surface area (Å²) < 4.78 is 0. The van der Waals surface area contributed by atoms with E-state index in [1.807, 2.05) is 25.1 Å². The van der Waals surface area contributed by atoms with E-state index < -0.39 is 0 Å². The number of halogens is 2. The van der Waals surface area contributed by atoms with Crippen molar-refractivity contribution in [3.05, 3.63) is 28.8 Å². The maximum atomic E-state index is 11.7. The van der Waals surface area contributed by atoms with E-state index in [-0.39, 0.29) is 10.7 Å². The number of carbonyl (C=O) groups excluding carboxylic acids is 1. The summed E-state index contributed by atoms with van der Waals surface area (Å²) >= 11 is 9.39. The number of aryl methyl sites for hydroxylation is 1. The predicted octanol–water partition coefficient (Wildman–Crippen LogP) is 3.15. The standard InChI is InChI=1S/C11H11BrClNO/c1-7-2-3-9(13)5-10(7)14-6-8(12)4-11(14)15/h2-3,5,8H,4,6H2,1H3. The van der Waals surface area contributed by atoms with Crippen LogP contribution < -0.4 is 4.90 Å². The van der Waals surface area contributed by atoms with Crippen LogP contribution in [0.5, 0.6) is 0 Å². The molecule has 1 saturated heterocycles. The first-order valence-corrected chi connectivity index (χ1v) is 6.08. The molecule has 1 aromatic rings. The molecule has 1 fully saturated rings. The highest BCUT2D eigenvalue weighted by molar-refractivity contribution is 9.09. The fourth-order valence-electron chi connectivity index (χ4n) is 1.77. The van der Waals surface area contributed by atoms with E-state index >= 15 is 0 Å². The van der Waals surface area contributed by atoms with Gasteiger partial charge in [-0.2, -0.15) is 0 Å². The summed E-state index contributed by atoms with van der Waals surface area (Å²) in [6.45, 7) is 2.71. The zero-order chi connectivity index (χ0) is 11.0. The Morgan fingerprint density at radius 3 is 2.87 bits per heavy atom. The first-order valence-electron chi connectivity index (χ1n) is 4.78. The number of hydrogen-bond donors (Lipinski definition) is 0. The van der Waals surface area contributed by atoms with Crippen molar-refractivity contribution < 1.29 is 4.79 Å². The lowest BCUT2D eigenvalue weighted by molar-refractivity contribution is -0.117. The number of anilines is 1. The zero-order valence-electron chi connectivity index (χ0n) is 8.34. The largest absolute Gasteiger partial charge is 0.311 e. The minimum absolute atomic E-state index is 0.155. The summed E-state index contributed by atoms with van der Waals surface area (Å²) in [5.41, 5.74) is 2.00. The van der Waals surface area contributed by atoms with Crippen LogP contribution in [-0.2, 0) is 4.79 Å². The van der Waals surface area contributed by atoms with Gasteiger partial charge in [-0.3, -0.25) is 4.79 Å². The lowest BCUT2D eigenvalue weighted by Crippen LogP contribution is -2.25. The van der Waals surface area contributed by atoms with Gasteiger partial charge in [0.15, 0.2) is 0 Å². The van der Waals surface area contributed by atoms with Gasteiger partial charge in [-0.15, -0.1) is 0 Å². The van der Waals surface area contributed by atoms with Crippen molar-refractivity contribution in [2.45, 2.75) is 18.2 Å². The van der Waals surface area contributed by atoms with E-state index in [2.05, 4.69) is 15.9 Å². The second-order valence-electron chi connectivity index (χ2n) is 3.74. The van der Waals surface area contributed by atoms with Crippen molar-refractivity contribution in [1.29, 1.82) is 0 Å². The average Bonchev–Trinajstić information content (AvgIpc) is 2.50. The monoisotopic (exact) mass is 287 g/mol. The minimum Gasteiger partial charge on any atom is -0.311 e. The number of nitrogens with zero attached hydrogens (tertiary/aromatic N) is 1. The third-order valence-corrected chi connectivity index (χ3v) is 3.39. The Kier molecular flexibility index (Phi) is 3.03. The Bertz CT molecular complexity index is 408. The van der Waals surface area contributed by atoms with Gasteiger partial charge in [0, 0.05) is 28.5 Å². The number of alkyl halides is 1. The highest BCUT2D eigenvalue weighted by Gasteiger charge is 2.29. The Hall–Kier alpha value is -0.540. The van der Waals surface area contributed by atoms with Crippen molar-refractivity contribution >= 4 is 39.1 Å². The molecule has 0 aliphatic carbocycles. The quantitative estimate of drug-likeness (QED) is 0.727. The molecule has 1 heterocycles. The summed E-state index contributed by atoms with van der Waals surface area (Å²) in [5, 5.41) is 0.668. The molecular formula is C11H11BrClNO. The van der Waals surface area contributed by atoms with Crippen LogP contribution in [0.2, 0.25) is 5.02 Å².